The van der Waals surface area contributed by atoms with Gasteiger partial charge in [-0.05, 0) is 44.7 Å². The van der Waals surface area contributed by atoms with Gasteiger partial charge in [0.1, 0.15) is 0 Å². The molecule has 0 saturated carbocycles. The SMILES string of the molecule is Cc1cc(C)cc(C(N)CCN2CCC(O)C(C)C2)c1. The van der Waals surface area contributed by atoms with Crippen LogP contribution in [-0.4, -0.2) is 35.7 Å². The Morgan fingerprint density at radius 3 is 2.55 bits per heavy atom. The van der Waals surface area contributed by atoms with Crippen molar-refractivity contribution in [2.45, 2.75) is 45.8 Å². The van der Waals surface area contributed by atoms with Crippen LogP contribution in [0.2, 0.25) is 0 Å². The number of nitrogens with two attached hydrogens (primary N) is 1. The molecule has 1 fully saturated rings. The molecule has 1 aromatic carbocycles. The first-order valence-electron chi connectivity index (χ1n) is 7.70. The zero-order valence-electron chi connectivity index (χ0n) is 13.0. The van der Waals surface area contributed by atoms with E-state index in [1.165, 1.54) is 16.7 Å². The van der Waals surface area contributed by atoms with Crippen molar-refractivity contribution in [2.75, 3.05) is 19.6 Å². The van der Waals surface area contributed by atoms with E-state index in [0.717, 1.165) is 32.5 Å². The van der Waals surface area contributed by atoms with Crippen LogP contribution in [0.25, 0.3) is 0 Å². The highest BCUT2D eigenvalue weighted by molar-refractivity contribution is 5.30. The lowest BCUT2D eigenvalue weighted by molar-refractivity contribution is 0.0341. The Bertz CT molecular complexity index is 426. The molecule has 0 spiro atoms. The summed E-state index contributed by atoms with van der Waals surface area (Å²) >= 11 is 0. The van der Waals surface area contributed by atoms with Crippen LogP contribution in [0.5, 0.6) is 0 Å². The monoisotopic (exact) mass is 276 g/mol. The van der Waals surface area contributed by atoms with Crippen LogP contribution in [0, 0.1) is 19.8 Å². The van der Waals surface area contributed by atoms with Gasteiger partial charge in [-0.3, -0.25) is 0 Å². The zero-order valence-corrected chi connectivity index (χ0v) is 13.0. The molecule has 0 aromatic heterocycles. The molecule has 3 unspecified atom stereocenters. The summed E-state index contributed by atoms with van der Waals surface area (Å²) < 4.78 is 0. The maximum Gasteiger partial charge on any atom is 0.0590 e. The lowest BCUT2D eigenvalue weighted by Gasteiger charge is -2.34. The van der Waals surface area contributed by atoms with E-state index in [9.17, 15) is 5.11 Å². The van der Waals surface area contributed by atoms with Gasteiger partial charge in [-0.15, -0.1) is 0 Å². The predicted octanol–water partition coefficient (Wildman–Crippen LogP) is 2.40. The number of piperidine rings is 1. The van der Waals surface area contributed by atoms with Gasteiger partial charge in [-0.25, -0.2) is 0 Å². The molecule has 3 atom stereocenters. The molecule has 0 radical (unpaired) electrons. The number of aryl methyl sites for hydroxylation is 2. The second-order valence-electron chi connectivity index (χ2n) is 6.45. The number of hydrogen-bond acceptors (Lipinski definition) is 3. The zero-order chi connectivity index (χ0) is 14.7. The van der Waals surface area contributed by atoms with Crippen LogP contribution in [0.1, 0.15) is 42.5 Å². The number of aliphatic hydroxyl groups excluding tert-OH is 1. The highest BCUT2D eigenvalue weighted by Gasteiger charge is 2.24. The molecule has 1 saturated heterocycles. The molecule has 0 bridgehead atoms. The maximum atomic E-state index is 9.76. The van der Waals surface area contributed by atoms with Gasteiger partial charge >= 0.3 is 0 Å². The minimum atomic E-state index is -0.126. The van der Waals surface area contributed by atoms with E-state index in [1.807, 2.05) is 0 Å². The lowest BCUT2D eigenvalue weighted by atomic mass is 9.95. The van der Waals surface area contributed by atoms with Gasteiger partial charge in [0.25, 0.3) is 0 Å². The molecule has 1 aromatic rings. The summed E-state index contributed by atoms with van der Waals surface area (Å²) in [6.45, 7) is 9.37. The van der Waals surface area contributed by atoms with E-state index in [-0.39, 0.29) is 12.1 Å². The number of likely N-dealkylation sites (tertiary alicyclic amines) is 1. The third-order valence-corrected chi connectivity index (χ3v) is 4.37. The van der Waals surface area contributed by atoms with Gasteiger partial charge in [-0.1, -0.05) is 36.2 Å². The molecule has 1 aliphatic heterocycles. The summed E-state index contributed by atoms with van der Waals surface area (Å²) in [5.74, 6) is 0.376. The van der Waals surface area contributed by atoms with Gasteiger partial charge in [-0.2, -0.15) is 0 Å². The molecular formula is C17H28N2O. The minimum absolute atomic E-state index is 0.107. The fourth-order valence-corrected chi connectivity index (χ4v) is 3.13. The van der Waals surface area contributed by atoms with Crippen molar-refractivity contribution >= 4 is 0 Å². The number of benzene rings is 1. The second kappa shape index (κ2) is 6.70. The molecule has 3 heteroatoms. The summed E-state index contributed by atoms with van der Waals surface area (Å²) in [4.78, 5) is 2.43. The summed E-state index contributed by atoms with van der Waals surface area (Å²) in [6, 6.07) is 6.68. The van der Waals surface area contributed by atoms with Gasteiger partial charge in [0.05, 0.1) is 6.10 Å². The quantitative estimate of drug-likeness (QED) is 0.888. The normalized spacial score (nSPS) is 25.6. The molecule has 0 aliphatic carbocycles. The van der Waals surface area contributed by atoms with E-state index in [1.54, 1.807) is 0 Å². The van der Waals surface area contributed by atoms with Gasteiger partial charge in [0, 0.05) is 19.1 Å². The molecular weight excluding hydrogens is 248 g/mol. The van der Waals surface area contributed by atoms with Crippen LogP contribution in [0.15, 0.2) is 18.2 Å². The Balaban J connectivity index is 1.87. The van der Waals surface area contributed by atoms with E-state index < -0.39 is 0 Å². The fourth-order valence-electron chi connectivity index (χ4n) is 3.13. The van der Waals surface area contributed by atoms with Crippen LogP contribution in [-0.2, 0) is 0 Å². The molecule has 20 heavy (non-hydrogen) atoms. The largest absolute Gasteiger partial charge is 0.393 e. The third kappa shape index (κ3) is 4.05. The van der Waals surface area contributed by atoms with Crippen molar-refractivity contribution in [3.63, 3.8) is 0 Å². The molecule has 0 amide bonds. The highest BCUT2D eigenvalue weighted by atomic mass is 16.3. The fraction of sp³-hybridized carbons (Fsp3) is 0.647. The van der Waals surface area contributed by atoms with Crippen molar-refractivity contribution in [1.29, 1.82) is 0 Å². The average molecular weight is 276 g/mol. The van der Waals surface area contributed by atoms with E-state index in [2.05, 4.69) is 43.9 Å². The molecule has 3 N–H and O–H groups in total. The third-order valence-electron chi connectivity index (χ3n) is 4.37. The summed E-state index contributed by atoms with van der Waals surface area (Å²) in [6.07, 6.45) is 1.74. The Hall–Kier alpha value is -0.900. The Labute approximate surface area is 122 Å². The Kier molecular flexibility index (Phi) is 5.19. The first-order valence-corrected chi connectivity index (χ1v) is 7.70. The van der Waals surface area contributed by atoms with Crippen molar-refractivity contribution < 1.29 is 5.11 Å². The summed E-state index contributed by atoms with van der Waals surface area (Å²) in [5.41, 5.74) is 10.1. The first kappa shape index (κ1) is 15.5. The highest BCUT2D eigenvalue weighted by Crippen LogP contribution is 2.21. The van der Waals surface area contributed by atoms with Gasteiger partial charge in [0.2, 0.25) is 0 Å². The average Bonchev–Trinajstić information content (AvgIpc) is 2.38. The van der Waals surface area contributed by atoms with Crippen LogP contribution >= 0.6 is 0 Å². The number of aliphatic hydroxyl groups is 1. The van der Waals surface area contributed by atoms with Crippen LogP contribution in [0.4, 0.5) is 0 Å². The van der Waals surface area contributed by atoms with Crippen LogP contribution < -0.4 is 5.73 Å². The topological polar surface area (TPSA) is 49.5 Å². The predicted molar refractivity (Wildman–Crippen MR) is 83.7 cm³/mol. The second-order valence-corrected chi connectivity index (χ2v) is 6.45. The molecule has 1 aliphatic rings. The summed E-state index contributed by atoms with van der Waals surface area (Å²) in [5, 5.41) is 9.76. The first-order chi connectivity index (χ1) is 9.45. The molecule has 3 nitrogen and oxygen atoms in total. The molecule has 1 heterocycles. The van der Waals surface area contributed by atoms with E-state index in [4.69, 9.17) is 5.73 Å². The number of hydrogen-bond donors (Lipinski definition) is 2. The number of rotatable bonds is 4. The van der Waals surface area contributed by atoms with E-state index >= 15 is 0 Å². The van der Waals surface area contributed by atoms with Crippen molar-refractivity contribution in [3.05, 3.63) is 34.9 Å². The minimum Gasteiger partial charge on any atom is -0.393 e. The van der Waals surface area contributed by atoms with Crippen molar-refractivity contribution in [3.8, 4) is 0 Å². The van der Waals surface area contributed by atoms with Crippen molar-refractivity contribution in [1.82, 2.24) is 4.90 Å². The van der Waals surface area contributed by atoms with Gasteiger partial charge in [0.15, 0.2) is 0 Å². The van der Waals surface area contributed by atoms with Gasteiger partial charge < -0.3 is 15.7 Å². The molecule has 2 rings (SSSR count). The van der Waals surface area contributed by atoms with Crippen LogP contribution in [0.3, 0.4) is 0 Å². The lowest BCUT2D eigenvalue weighted by Crippen LogP contribution is -2.42. The van der Waals surface area contributed by atoms with E-state index in [0.29, 0.717) is 5.92 Å². The van der Waals surface area contributed by atoms with Crippen molar-refractivity contribution in [2.24, 2.45) is 11.7 Å². The standard InChI is InChI=1S/C17H28N2O/c1-12-8-13(2)10-15(9-12)16(18)4-6-19-7-5-17(20)14(3)11-19/h8-10,14,16-17,20H,4-7,11,18H2,1-3H3. The Morgan fingerprint density at radius 1 is 1.30 bits per heavy atom. The Morgan fingerprint density at radius 2 is 1.95 bits per heavy atom. The maximum absolute atomic E-state index is 9.76. The smallest absolute Gasteiger partial charge is 0.0590 e. The number of nitrogens with zero attached hydrogens (tertiary/aromatic N) is 1. The molecule has 112 valence electrons. The summed E-state index contributed by atoms with van der Waals surface area (Å²) in [7, 11) is 0.